The van der Waals surface area contributed by atoms with E-state index in [2.05, 4.69) is 29.6 Å². The van der Waals surface area contributed by atoms with Gasteiger partial charge in [0.2, 0.25) is 0 Å². The summed E-state index contributed by atoms with van der Waals surface area (Å²) in [7, 11) is 0. The Labute approximate surface area is 165 Å². The van der Waals surface area contributed by atoms with Crippen molar-refractivity contribution in [2.45, 2.75) is 26.4 Å². The molecule has 0 fully saturated rings. The van der Waals surface area contributed by atoms with Crippen LogP contribution in [0, 0.1) is 16.0 Å². The number of hydrogen-bond donors (Lipinski definition) is 1. The van der Waals surface area contributed by atoms with Gasteiger partial charge in [0, 0.05) is 0 Å². The number of hydrogen-bond acceptors (Lipinski definition) is 3. The Morgan fingerprint density at radius 3 is 2.07 bits per heavy atom. The van der Waals surface area contributed by atoms with E-state index in [4.69, 9.17) is 0 Å². The molecule has 5 heteroatoms. The Balaban J connectivity index is 2.11. The van der Waals surface area contributed by atoms with Crippen molar-refractivity contribution in [1.82, 2.24) is 9.97 Å². The summed E-state index contributed by atoms with van der Waals surface area (Å²) in [6, 6.07) is 12.3. The predicted molar refractivity (Wildman–Crippen MR) is 99.3 cm³/mol. The number of aliphatic hydroxyl groups is 1. The summed E-state index contributed by atoms with van der Waals surface area (Å²) in [5.74, 6) is -0.485. The molecule has 0 amide bonds. The minimum atomic E-state index is -1.58. The second-order valence-corrected chi connectivity index (χ2v) is 7.69. The molecule has 0 aliphatic heterocycles. The van der Waals surface area contributed by atoms with Gasteiger partial charge in [-0.1, -0.05) is 0 Å². The van der Waals surface area contributed by atoms with Crippen molar-refractivity contribution in [2.75, 3.05) is 0 Å². The SMILES string of the molecule is CC(C)(C)C(O)(c1cncnc1)c1ccc(-c2ccc([C]#[Ni])cc2)cc1F. The molecule has 141 valence electrons. The summed E-state index contributed by atoms with van der Waals surface area (Å²) in [6.45, 7) is 5.57. The summed E-state index contributed by atoms with van der Waals surface area (Å²) in [5.41, 5.74) is 0.789. The topological polar surface area (TPSA) is 46.0 Å². The van der Waals surface area contributed by atoms with Crippen molar-refractivity contribution in [3.05, 3.63) is 83.7 Å². The van der Waals surface area contributed by atoms with Gasteiger partial charge in [-0.15, -0.1) is 0 Å². The zero-order chi connectivity index (χ0) is 19.7. The summed E-state index contributed by atoms with van der Waals surface area (Å²) in [6.07, 6.45) is 4.42. The molecular formula is C22H20FN2NiO. The van der Waals surface area contributed by atoms with Crippen molar-refractivity contribution in [2.24, 2.45) is 5.41 Å². The molecule has 27 heavy (non-hydrogen) atoms. The van der Waals surface area contributed by atoms with Crippen LogP contribution in [0.25, 0.3) is 11.1 Å². The summed E-state index contributed by atoms with van der Waals surface area (Å²) < 4.78 is 15.2. The van der Waals surface area contributed by atoms with Crippen LogP contribution in [0.3, 0.4) is 0 Å². The average Bonchev–Trinajstić information content (AvgIpc) is 2.67. The fourth-order valence-corrected chi connectivity index (χ4v) is 3.35. The van der Waals surface area contributed by atoms with E-state index >= 15 is 4.39 Å². The summed E-state index contributed by atoms with van der Waals surface area (Å²) in [4.78, 5) is 10.7. The van der Waals surface area contributed by atoms with Crippen molar-refractivity contribution >= 4 is 0 Å². The maximum atomic E-state index is 15.2. The molecule has 1 atom stereocenters. The molecular weight excluding hydrogens is 386 g/mol. The third-order valence-corrected chi connectivity index (χ3v) is 5.02. The zero-order valence-electron chi connectivity index (χ0n) is 15.3. The summed E-state index contributed by atoms with van der Waals surface area (Å²) in [5, 5.41) is 11.6. The number of nitrogens with zero attached hydrogens (tertiary/aromatic N) is 2. The zero-order valence-corrected chi connectivity index (χ0v) is 16.3. The van der Waals surface area contributed by atoms with Gasteiger partial charge < -0.3 is 0 Å². The van der Waals surface area contributed by atoms with Gasteiger partial charge in [-0.25, -0.2) is 9.97 Å². The Hall–Kier alpha value is -2.32. The molecule has 1 unspecified atom stereocenters. The van der Waals surface area contributed by atoms with E-state index < -0.39 is 16.8 Å². The van der Waals surface area contributed by atoms with E-state index in [0.717, 1.165) is 16.7 Å². The standard InChI is InChI=1S/C22H20FN2O.Ni/c1-15-5-7-16(8-6-15)17-9-10-19(20(23)11-17)22(26,21(2,3)4)18-12-24-14-25-13-18;/h5-14,26H,2-4H3;. The van der Waals surface area contributed by atoms with Crippen molar-refractivity contribution in [3.8, 4) is 15.9 Å². The van der Waals surface area contributed by atoms with Gasteiger partial charge in [-0.3, -0.25) is 0 Å². The first-order chi connectivity index (χ1) is 12.8. The van der Waals surface area contributed by atoms with Gasteiger partial charge in [0.05, 0.1) is 0 Å². The van der Waals surface area contributed by atoms with Crippen molar-refractivity contribution in [3.63, 3.8) is 0 Å². The molecule has 3 rings (SSSR count). The molecule has 1 heterocycles. The molecule has 0 spiro atoms. The molecule has 3 nitrogen and oxygen atoms in total. The predicted octanol–water partition coefficient (Wildman–Crippen LogP) is 4.42. The van der Waals surface area contributed by atoms with Crippen LogP contribution in [0.5, 0.6) is 0 Å². The monoisotopic (exact) mass is 405 g/mol. The third-order valence-electron chi connectivity index (χ3n) is 4.73. The van der Waals surface area contributed by atoms with Crippen LogP contribution >= 0.6 is 0 Å². The third kappa shape index (κ3) is 3.59. The quantitative estimate of drug-likeness (QED) is 0.656. The molecule has 0 saturated heterocycles. The Morgan fingerprint density at radius 2 is 1.56 bits per heavy atom. The molecule has 1 aromatic heterocycles. The molecule has 0 bridgehead atoms. The number of aromatic nitrogens is 2. The Kier molecular flexibility index (Phi) is 5.30. The van der Waals surface area contributed by atoms with E-state index in [9.17, 15) is 5.11 Å². The van der Waals surface area contributed by atoms with Crippen LogP contribution < -0.4 is 0 Å². The number of benzene rings is 2. The van der Waals surface area contributed by atoms with Crippen LogP contribution in [0.2, 0.25) is 0 Å². The van der Waals surface area contributed by atoms with Crippen LogP contribution in [-0.4, -0.2) is 15.1 Å². The van der Waals surface area contributed by atoms with Crippen molar-refractivity contribution in [1.29, 1.82) is 0 Å². The van der Waals surface area contributed by atoms with Crippen LogP contribution in [0.15, 0.2) is 61.2 Å². The fourth-order valence-electron chi connectivity index (χ4n) is 3.18. The number of rotatable bonds is 3. The minimum absolute atomic E-state index is 0.194. The van der Waals surface area contributed by atoms with Crippen molar-refractivity contribution < 1.29 is 24.3 Å². The van der Waals surface area contributed by atoms with Crippen LogP contribution in [0.1, 0.15) is 37.5 Å². The number of halogens is 1. The van der Waals surface area contributed by atoms with Gasteiger partial charge in [0.1, 0.15) is 6.33 Å². The molecule has 0 aliphatic carbocycles. The summed E-state index contributed by atoms with van der Waals surface area (Å²) >= 11 is 4.50. The molecule has 1 N–H and O–H groups in total. The van der Waals surface area contributed by atoms with Gasteiger partial charge in [0.25, 0.3) is 0 Å². The Morgan fingerprint density at radius 1 is 0.963 bits per heavy atom. The van der Waals surface area contributed by atoms with Gasteiger partial charge in [-0.2, -0.15) is 0 Å². The first kappa shape index (κ1) is 19.4. The van der Waals surface area contributed by atoms with E-state index in [0.29, 0.717) is 5.56 Å². The van der Waals surface area contributed by atoms with E-state index in [1.807, 2.05) is 45.0 Å². The molecule has 0 saturated carbocycles. The van der Waals surface area contributed by atoms with Crippen LogP contribution in [-0.2, 0) is 20.4 Å². The average molecular weight is 406 g/mol. The molecule has 3 aromatic rings. The van der Waals surface area contributed by atoms with E-state index in [-0.39, 0.29) is 5.56 Å². The first-order valence-electron chi connectivity index (χ1n) is 8.49. The fraction of sp³-hybridized carbons (Fsp3) is 0.227. The normalized spacial score (nSPS) is 13.7. The first-order valence-corrected chi connectivity index (χ1v) is 8.98. The van der Waals surface area contributed by atoms with Gasteiger partial charge in [0.15, 0.2) is 0 Å². The molecule has 0 radical (unpaired) electrons. The van der Waals surface area contributed by atoms with Gasteiger partial charge in [-0.05, 0) is 0 Å². The van der Waals surface area contributed by atoms with Crippen LogP contribution in [0.4, 0.5) is 4.39 Å². The second kappa shape index (κ2) is 7.36. The van der Waals surface area contributed by atoms with Gasteiger partial charge >= 0.3 is 149 Å². The molecule has 2 aromatic carbocycles. The second-order valence-electron chi connectivity index (χ2n) is 7.44. The Bertz CT molecular complexity index is 992. The molecule has 0 aliphatic rings. The maximum absolute atomic E-state index is 15.2. The van der Waals surface area contributed by atoms with E-state index in [1.165, 1.54) is 24.8 Å². The van der Waals surface area contributed by atoms with E-state index in [1.54, 1.807) is 12.1 Å².